The van der Waals surface area contributed by atoms with Crippen LogP contribution in [-0.4, -0.2) is 28.3 Å². The number of hydrazone groups is 2. The fraction of sp³-hybridized carbons (Fsp3) is 0. The average molecular weight is 488 g/mol. The number of furan rings is 2. The van der Waals surface area contributed by atoms with Gasteiger partial charge in [-0.25, -0.2) is 15.6 Å². The number of nitro groups is 2. The SMILES string of the molecule is O=C(N/N=C\c1ccc(-c2ccc([N+](=O)[O-])cc2)o1)N/N=C\c1ccc(-c2ccc([N+](=O)[O-])cc2)o1. The number of non-ortho nitro benzene ring substituents is 2. The van der Waals surface area contributed by atoms with Crippen LogP contribution in [0.25, 0.3) is 22.6 Å². The van der Waals surface area contributed by atoms with E-state index in [-0.39, 0.29) is 11.4 Å². The third-order valence-corrected chi connectivity index (χ3v) is 4.69. The Hall–Kier alpha value is -5.59. The zero-order chi connectivity index (χ0) is 25.5. The second-order valence-corrected chi connectivity index (χ2v) is 7.08. The molecular weight excluding hydrogens is 472 g/mol. The molecule has 0 bridgehead atoms. The Balaban J connectivity index is 1.26. The zero-order valence-electron chi connectivity index (χ0n) is 18.2. The van der Waals surface area contributed by atoms with Gasteiger partial charge in [0, 0.05) is 35.4 Å². The molecule has 0 spiro atoms. The molecule has 0 saturated carbocycles. The second-order valence-electron chi connectivity index (χ2n) is 7.08. The van der Waals surface area contributed by atoms with Crippen molar-refractivity contribution < 1.29 is 23.5 Å². The molecular formula is C23H16N6O7. The van der Waals surface area contributed by atoms with Crippen molar-refractivity contribution in [1.29, 1.82) is 0 Å². The van der Waals surface area contributed by atoms with E-state index in [0.29, 0.717) is 34.2 Å². The third-order valence-electron chi connectivity index (χ3n) is 4.69. The summed E-state index contributed by atoms with van der Waals surface area (Å²) in [6.07, 6.45) is 2.56. The number of amides is 2. The van der Waals surface area contributed by atoms with Gasteiger partial charge in [-0.15, -0.1) is 0 Å². The molecule has 0 fully saturated rings. The van der Waals surface area contributed by atoms with E-state index in [1.54, 1.807) is 48.5 Å². The van der Waals surface area contributed by atoms with Crippen molar-refractivity contribution >= 4 is 29.8 Å². The van der Waals surface area contributed by atoms with Gasteiger partial charge in [0.05, 0.1) is 22.3 Å². The Morgan fingerprint density at radius 2 is 1.06 bits per heavy atom. The summed E-state index contributed by atoms with van der Waals surface area (Å²) in [5.74, 6) is 1.65. The lowest BCUT2D eigenvalue weighted by Gasteiger charge is -1.97. The fourth-order valence-corrected chi connectivity index (χ4v) is 2.98. The van der Waals surface area contributed by atoms with Crippen LogP contribution in [0.3, 0.4) is 0 Å². The fourth-order valence-electron chi connectivity index (χ4n) is 2.98. The highest BCUT2D eigenvalue weighted by Gasteiger charge is 2.09. The van der Waals surface area contributed by atoms with Crippen molar-refractivity contribution in [3.05, 3.63) is 105 Å². The van der Waals surface area contributed by atoms with Gasteiger partial charge < -0.3 is 8.83 Å². The number of rotatable bonds is 8. The summed E-state index contributed by atoms with van der Waals surface area (Å²) in [5.41, 5.74) is 5.68. The van der Waals surface area contributed by atoms with E-state index >= 15 is 0 Å². The summed E-state index contributed by atoms with van der Waals surface area (Å²) in [5, 5.41) is 29.0. The Bertz CT molecular complexity index is 1340. The van der Waals surface area contributed by atoms with E-state index in [9.17, 15) is 25.0 Å². The molecule has 2 aromatic carbocycles. The number of benzene rings is 2. The molecule has 4 rings (SSSR count). The number of hydrogen-bond acceptors (Lipinski definition) is 9. The molecule has 2 aromatic heterocycles. The summed E-state index contributed by atoms with van der Waals surface area (Å²) in [4.78, 5) is 32.3. The van der Waals surface area contributed by atoms with Crippen LogP contribution in [0, 0.1) is 20.2 Å². The maximum atomic E-state index is 11.8. The van der Waals surface area contributed by atoms with Gasteiger partial charge in [0.1, 0.15) is 23.0 Å². The minimum absolute atomic E-state index is 0.0260. The molecule has 0 aliphatic heterocycles. The van der Waals surface area contributed by atoms with Gasteiger partial charge in [0.25, 0.3) is 11.4 Å². The van der Waals surface area contributed by atoms with Crippen LogP contribution < -0.4 is 10.9 Å². The molecule has 4 aromatic rings. The number of hydrogen-bond donors (Lipinski definition) is 2. The summed E-state index contributed by atoms with van der Waals surface area (Å²) < 4.78 is 11.2. The predicted molar refractivity (Wildman–Crippen MR) is 128 cm³/mol. The minimum Gasteiger partial charge on any atom is -0.455 e. The monoisotopic (exact) mass is 488 g/mol. The van der Waals surface area contributed by atoms with Crippen LogP contribution >= 0.6 is 0 Å². The summed E-state index contributed by atoms with van der Waals surface area (Å²) in [6, 6.07) is 17.6. The molecule has 0 aliphatic carbocycles. The van der Waals surface area contributed by atoms with Gasteiger partial charge >= 0.3 is 6.03 Å². The maximum absolute atomic E-state index is 11.8. The third kappa shape index (κ3) is 5.85. The van der Waals surface area contributed by atoms with Crippen molar-refractivity contribution in [3.63, 3.8) is 0 Å². The van der Waals surface area contributed by atoms with Crippen molar-refractivity contribution in [1.82, 2.24) is 10.9 Å². The lowest BCUT2D eigenvalue weighted by atomic mass is 10.1. The van der Waals surface area contributed by atoms with Gasteiger partial charge in [-0.2, -0.15) is 10.2 Å². The van der Waals surface area contributed by atoms with Crippen LogP contribution in [0.15, 0.2) is 91.8 Å². The largest absolute Gasteiger partial charge is 0.455 e. The highest BCUT2D eigenvalue weighted by atomic mass is 16.6. The summed E-state index contributed by atoms with van der Waals surface area (Å²) in [6.45, 7) is 0. The molecule has 13 nitrogen and oxygen atoms in total. The maximum Gasteiger partial charge on any atom is 0.355 e. The van der Waals surface area contributed by atoms with Crippen LogP contribution in [-0.2, 0) is 0 Å². The molecule has 0 saturated heterocycles. The molecule has 36 heavy (non-hydrogen) atoms. The Kier molecular flexibility index (Phi) is 6.91. The van der Waals surface area contributed by atoms with E-state index in [0.717, 1.165) is 0 Å². The molecule has 0 atom stereocenters. The molecule has 0 radical (unpaired) electrons. The Labute approximate surface area is 202 Å². The van der Waals surface area contributed by atoms with E-state index in [1.165, 1.54) is 36.7 Å². The summed E-state index contributed by atoms with van der Waals surface area (Å²) >= 11 is 0. The Morgan fingerprint density at radius 1 is 0.667 bits per heavy atom. The average Bonchev–Trinajstić information content (AvgIpc) is 3.54. The smallest absolute Gasteiger partial charge is 0.355 e. The van der Waals surface area contributed by atoms with E-state index in [4.69, 9.17) is 8.83 Å². The predicted octanol–water partition coefficient (Wildman–Crippen LogP) is 4.69. The van der Waals surface area contributed by atoms with E-state index < -0.39 is 15.9 Å². The first-order valence-electron chi connectivity index (χ1n) is 10.2. The molecule has 0 unspecified atom stereocenters. The van der Waals surface area contributed by atoms with E-state index in [1.807, 2.05) is 0 Å². The van der Waals surface area contributed by atoms with Crippen LogP contribution in [0.2, 0.25) is 0 Å². The number of nitrogens with one attached hydrogen (secondary N) is 2. The Morgan fingerprint density at radius 3 is 1.42 bits per heavy atom. The van der Waals surface area contributed by atoms with E-state index in [2.05, 4.69) is 21.1 Å². The van der Waals surface area contributed by atoms with Crippen molar-refractivity contribution in [2.45, 2.75) is 0 Å². The highest BCUT2D eigenvalue weighted by Crippen LogP contribution is 2.25. The van der Waals surface area contributed by atoms with Crippen molar-refractivity contribution in [2.24, 2.45) is 10.2 Å². The molecule has 2 amide bonds. The molecule has 0 aliphatic rings. The van der Waals surface area contributed by atoms with Crippen LogP contribution in [0.5, 0.6) is 0 Å². The number of carbonyl (C=O) groups excluding carboxylic acids is 1. The first-order valence-corrected chi connectivity index (χ1v) is 10.2. The quantitative estimate of drug-likeness (QED) is 0.205. The van der Waals surface area contributed by atoms with Gasteiger partial charge in [-0.05, 0) is 48.5 Å². The summed E-state index contributed by atoms with van der Waals surface area (Å²) in [7, 11) is 0. The van der Waals surface area contributed by atoms with Crippen LogP contribution in [0.1, 0.15) is 11.5 Å². The minimum atomic E-state index is -0.716. The van der Waals surface area contributed by atoms with Crippen molar-refractivity contribution in [2.75, 3.05) is 0 Å². The van der Waals surface area contributed by atoms with Crippen molar-refractivity contribution in [3.8, 4) is 22.6 Å². The number of nitrogens with zero attached hydrogens (tertiary/aromatic N) is 4. The van der Waals surface area contributed by atoms with Crippen LogP contribution in [0.4, 0.5) is 16.2 Å². The molecule has 2 N–H and O–H groups in total. The number of urea groups is 1. The highest BCUT2D eigenvalue weighted by molar-refractivity contribution is 5.82. The first kappa shape index (κ1) is 23.6. The lowest BCUT2D eigenvalue weighted by molar-refractivity contribution is -0.385. The normalized spacial score (nSPS) is 11.1. The lowest BCUT2D eigenvalue weighted by Crippen LogP contribution is -2.28. The molecule has 13 heteroatoms. The van der Waals surface area contributed by atoms with Gasteiger partial charge in [-0.1, -0.05) is 0 Å². The molecule has 180 valence electrons. The molecule has 2 heterocycles. The zero-order valence-corrected chi connectivity index (χ0v) is 18.2. The van der Waals surface area contributed by atoms with Gasteiger partial charge in [-0.3, -0.25) is 20.2 Å². The number of carbonyl (C=O) groups is 1. The number of nitro benzene ring substituents is 2. The second kappa shape index (κ2) is 10.6. The topological polar surface area (TPSA) is 178 Å². The van der Waals surface area contributed by atoms with Gasteiger partial charge in [0.15, 0.2) is 0 Å². The van der Waals surface area contributed by atoms with Gasteiger partial charge in [0.2, 0.25) is 0 Å². The standard InChI is InChI=1S/C23H16N6O7/c30-23(26-24-13-19-9-11-21(35-19)15-1-5-17(6-2-15)28(31)32)27-25-14-20-10-12-22(36-20)16-3-7-18(8-4-16)29(33)34/h1-14H,(H2,26,27,30)/b24-13-,25-14-. The first-order chi connectivity index (χ1) is 17.4.